The van der Waals surface area contributed by atoms with Gasteiger partial charge >= 0.3 is 6.09 Å². The van der Waals surface area contributed by atoms with Gasteiger partial charge < -0.3 is 29.6 Å². The van der Waals surface area contributed by atoms with Crippen LogP contribution >= 0.6 is 0 Å². The molecule has 2 aromatic rings. The van der Waals surface area contributed by atoms with E-state index in [1.807, 2.05) is 0 Å². The SMILES string of the molecule is COc1cc(-c2cc(NC(=O)[C@@H]3COC(=O)N3)n[nH]2)cc(OC)c1OC. The molecular weight excluding hydrogens is 344 g/mol. The number of nitrogens with zero attached hydrogens (tertiary/aromatic N) is 1. The number of cyclic esters (lactones) is 1. The van der Waals surface area contributed by atoms with Crippen molar-refractivity contribution in [1.29, 1.82) is 0 Å². The lowest BCUT2D eigenvalue weighted by molar-refractivity contribution is -0.117. The summed E-state index contributed by atoms with van der Waals surface area (Å²) in [6.45, 7) is -0.0190. The monoisotopic (exact) mass is 362 g/mol. The molecule has 1 fully saturated rings. The molecule has 26 heavy (non-hydrogen) atoms. The van der Waals surface area contributed by atoms with E-state index in [-0.39, 0.29) is 6.61 Å². The van der Waals surface area contributed by atoms with E-state index < -0.39 is 18.0 Å². The number of rotatable bonds is 6. The first-order chi connectivity index (χ1) is 12.5. The Balaban J connectivity index is 1.81. The molecule has 1 aromatic heterocycles. The van der Waals surface area contributed by atoms with E-state index in [0.717, 1.165) is 5.56 Å². The van der Waals surface area contributed by atoms with Crippen LogP contribution in [0.15, 0.2) is 18.2 Å². The van der Waals surface area contributed by atoms with Crippen LogP contribution in [0.25, 0.3) is 11.3 Å². The van der Waals surface area contributed by atoms with E-state index in [9.17, 15) is 9.59 Å². The van der Waals surface area contributed by atoms with Crippen molar-refractivity contribution < 1.29 is 28.5 Å². The maximum Gasteiger partial charge on any atom is 0.407 e. The zero-order valence-electron chi connectivity index (χ0n) is 14.4. The van der Waals surface area contributed by atoms with Gasteiger partial charge in [-0.15, -0.1) is 0 Å². The van der Waals surface area contributed by atoms with Crippen LogP contribution in [0, 0.1) is 0 Å². The van der Waals surface area contributed by atoms with Crippen molar-refractivity contribution in [2.24, 2.45) is 0 Å². The van der Waals surface area contributed by atoms with Crippen molar-refractivity contribution in [3.63, 3.8) is 0 Å². The van der Waals surface area contributed by atoms with E-state index in [0.29, 0.717) is 28.8 Å². The number of alkyl carbamates (subject to hydrolysis) is 1. The number of aromatic amines is 1. The van der Waals surface area contributed by atoms with Gasteiger partial charge in [-0.1, -0.05) is 0 Å². The second-order valence-corrected chi connectivity index (χ2v) is 5.37. The van der Waals surface area contributed by atoms with Gasteiger partial charge in [0.2, 0.25) is 5.75 Å². The van der Waals surface area contributed by atoms with Crippen molar-refractivity contribution in [3.8, 4) is 28.5 Å². The Kier molecular flexibility index (Phi) is 4.83. The second kappa shape index (κ2) is 7.21. The van der Waals surface area contributed by atoms with Crippen LogP contribution in [-0.2, 0) is 9.53 Å². The van der Waals surface area contributed by atoms with Crippen LogP contribution in [0.5, 0.6) is 17.2 Å². The summed E-state index contributed by atoms with van der Waals surface area (Å²) in [5.41, 5.74) is 1.36. The van der Waals surface area contributed by atoms with Crippen molar-refractivity contribution >= 4 is 17.8 Å². The summed E-state index contributed by atoms with van der Waals surface area (Å²) >= 11 is 0. The molecule has 0 radical (unpaired) electrons. The minimum Gasteiger partial charge on any atom is -0.493 e. The third-order valence-corrected chi connectivity index (χ3v) is 3.79. The maximum absolute atomic E-state index is 12.1. The molecule has 2 amide bonds. The predicted octanol–water partition coefficient (Wildman–Crippen LogP) is 1.15. The first-order valence-corrected chi connectivity index (χ1v) is 7.65. The van der Waals surface area contributed by atoms with Crippen molar-refractivity contribution in [1.82, 2.24) is 15.5 Å². The van der Waals surface area contributed by atoms with Gasteiger partial charge in [0.05, 0.1) is 27.0 Å². The van der Waals surface area contributed by atoms with Crippen LogP contribution in [0.1, 0.15) is 0 Å². The third-order valence-electron chi connectivity index (χ3n) is 3.79. The van der Waals surface area contributed by atoms with E-state index in [1.54, 1.807) is 18.2 Å². The highest BCUT2D eigenvalue weighted by Crippen LogP contribution is 2.41. The normalized spacial score (nSPS) is 15.8. The van der Waals surface area contributed by atoms with Gasteiger partial charge in [0.25, 0.3) is 5.91 Å². The number of anilines is 1. The lowest BCUT2D eigenvalue weighted by Gasteiger charge is -2.13. The minimum atomic E-state index is -0.746. The number of hydrogen-bond acceptors (Lipinski definition) is 7. The molecular formula is C16H18N4O6. The molecule has 3 rings (SSSR count). The minimum absolute atomic E-state index is 0.0190. The number of H-pyrrole nitrogens is 1. The molecule has 0 spiro atoms. The molecule has 3 N–H and O–H groups in total. The Hall–Kier alpha value is -3.43. The number of carbonyl (C=O) groups excluding carboxylic acids is 2. The molecule has 0 aliphatic carbocycles. The zero-order valence-corrected chi connectivity index (χ0v) is 14.4. The standard InChI is InChI=1S/C16H18N4O6/c1-23-11-4-8(5-12(24-2)14(11)25-3)9-6-13(20-19-9)18-15(21)10-7-26-16(22)17-10/h4-6,10H,7H2,1-3H3,(H,17,22)(H2,18,19,20,21)/t10-/m0/s1. The Morgan fingerprint density at radius 2 is 1.88 bits per heavy atom. The molecule has 1 aliphatic heterocycles. The van der Waals surface area contributed by atoms with Gasteiger partial charge in [-0.2, -0.15) is 5.10 Å². The van der Waals surface area contributed by atoms with Crippen LogP contribution in [-0.4, -0.2) is 56.2 Å². The summed E-state index contributed by atoms with van der Waals surface area (Å²) in [6.07, 6.45) is -0.620. The van der Waals surface area contributed by atoms with Crippen LogP contribution < -0.4 is 24.8 Å². The molecule has 1 aromatic carbocycles. The van der Waals surface area contributed by atoms with E-state index in [2.05, 4.69) is 20.8 Å². The number of hydrogen-bond donors (Lipinski definition) is 3. The molecule has 0 saturated carbocycles. The molecule has 1 aliphatic rings. The maximum atomic E-state index is 12.1. The topological polar surface area (TPSA) is 124 Å². The molecule has 10 nitrogen and oxygen atoms in total. The Bertz CT molecular complexity index is 809. The predicted molar refractivity (Wildman–Crippen MR) is 90.6 cm³/mol. The number of nitrogens with one attached hydrogen (secondary N) is 3. The van der Waals surface area contributed by atoms with E-state index >= 15 is 0 Å². The summed E-state index contributed by atoms with van der Waals surface area (Å²) in [5, 5.41) is 11.9. The van der Waals surface area contributed by atoms with E-state index in [4.69, 9.17) is 18.9 Å². The fraction of sp³-hybridized carbons (Fsp3) is 0.312. The summed E-state index contributed by atoms with van der Waals surface area (Å²) in [7, 11) is 4.57. The molecule has 1 atom stereocenters. The fourth-order valence-corrected chi connectivity index (χ4v) is 2.51. The fourth-order valence-electron chi connectivity index (χ4n) is 2.51. The molecule has 1 saturated heterocycles. The first-order valence-electron chi connectivity index (χ1n) is 7.65. The summed E-state index contributed by atoms with van der Waals surface area (Å²) in [6, 6.07) is 4.41. The van der Waals surface area contributed by atoms with Gasteiger partial charge in [-0.3, -0.25) is 9.89 Å². The Morgan fingerprint density at radius 3 is 2.42 bits per heavy atom. The van der Waals surface area contributed by atoms with Crippen molar-refractivity contribution in [3.05, 3.63) is 18.2 Å². The van der Waals surface area contributed by atoms with Gasteiger partial charge in [0, 0.05) is 11.6 Å². The third kappa shape index (κ3) is 3.34. The van der Waals surface area contributed by atoms with Gasteiger partial charge in [-0.05, 0) is 12.1 Å². The highest BCUT2D eigenvalue weighted by molar-refractivity contribution is 5.97. The number of benzene rings is 1. The van der Waals surface area contributed by atoms with Crippen molar-refractivity contribution in [2.75, 3.05) is 33.3 Å². The van der Waals surface area contributed by atoms with Crippen molar-refractivity contribution in [2.45, 2.75) is 6.04 Å². The smallest absolute Gasteiger partial charge is 0.407 e. The largest absolute Gasteiger partial charge is 0.493 e. The molecule has 10 heteroatoms. The highest BCUT2D eigenvalue weighted by atomic mass is 16.6. The Labute approximate surface area is 148 Å². The molecule has 138 valence electrons. The lowest BCUT2D eigenvalue weighted by atomic mass is 10.1. The number of carbonyl (C=O) groups is 2. The number of ether oxygens (including phenoxy) is 4. The van der Waals surface area contributed by atoms with Crippen LogP contribution in [0.3, 0.4) is 0 Å². The van der Waals surface area contributed by atoms with E-state index in [1.165, 1.54) is 21.3 Å². The molecule has 2 heterocycles. The van der Waals surface area contributed by atoms with Crippen LogP contribution in [0.4, 0.5) is 10.6 Å². The van der Waals surface area contributed by atoms with Gasteiger partial charge in [0.1, 0.15) is 12.6 Å². The first kappa shape index (κ1) is 17.4. The molecule has 0 bridgehead atoms. The summed E-state index contributed by atoms with van der Waals surface area (Å²) < 4.78 is 20.6. The number of amides is 2. The van der Waals surface area contributed by atoms with Gasteiger partial charge in [0.15, 0.2) is 17.3 Å². The zero-order chi connectivity index (χ0) is 18.7. The summed E-state index contributed by atoms with van der Waals surface area (Å²) in [5.74, 6) is 1.35. The lowest BCUT2D eigenvalue weighted by Crippen LogP contribution is -2.38. The number of aromatic nitrogens is 2. The quantitative estimate of drug-likeness (QED) is 0.704. The second-order valence-electron chi connectivity index (χ2n) is 5.37. The Morgan fingerprint density at radius 1 is 1.19 bits per heavy atom. The average Bonchev–Trinajstić information content (AvgIpc) is 3.29. The summed E-state index contributed by atoms with van der Waals surface area (Å²) in [4.78, 5) is 23.1. The highest BCUT2D eigenvalue weighted by Gasteiger charge is 2.29. The molecule has 0 unspecified atom stereocenters. The van der Waals surface area contributed by atoms with Crippen LogP contribution in [0.2, 0.25) is 0 Å². The number of methoxy groups -OCH3 is 3. The average molecular weight is 362 g/mol. The van der Waals surface area contributed by atoms with Gasteiger partial charge in [-0.25, -0.2) is 4.79 Å².